The number of nitrogens with zero attached hydrogens (tertiary/aromatic N) is 6. The minimum absolute atomic E-state index is 0.330. The van der Waals surface area contributed by atoms with Crippen LogP contribution >= 0.6 is 0 Å². The number of hydrogen-bond donors (Lipinski definition) is 0. The van der Waals surface area contributed by atoms with Crippen LogP contribution in [0.3, 0.4) is 0 Å². The van der Waals surface area contributed by atoms with Gasteiger partial charge >= 0.3 is 0 Å². The first-order valence-corrected chi connectivity index (χ1v) is 23.5. The third kappa shape index (κ3) is 4.89. The number of benzene rings is 10. The zero-order valence-electron chi connectivity index (χ0n) is 37.6. The molecule has 5 heterocycles. The van der Waals surface area contributed by atoms with Crippen LogP contribution in [0.5, 0.6) is 0 Å². The van der Waals surface area contributed by atoms with E-state index >= 15 is 0 Å². The molecule has 0 radical (unpaired) electrons. The molecule has 7 nitrogen and oxygen atoms in total. The van der Waals surface area contributed by atoms with Crippen LogP contribution in [0.4, 0.5) is 5.69 Å². The molecule has 0 saturated heterocycles. The minimum Gasteiger partial charge on any atom is -0.454 e. The van der Waals surface area contributed by atoms with Crippen molar-refractivity contribution in [3.8, 4) is 28.8 Å². The van der Waals surface area contributed by atoms with Gasteiger partial charge in [-0.15, -0.1) is 0 Å². The predicted molar refractivity (Wildman–Crippen MR) is 287 cm³/mol. The van der Waals surface area contributed by atoms with E-state index in [4.69, 9.17) is 9.26 Å². The highest BCUT2D eigenvalue weighted by Crippen LogP contribution is 2.52. The Bertz CT molecular complexity index is 4570. The normalized spacial score (nSPS) is 12.0. The molecule has 5 aromatic heterocycles. The molecule has 0 aliphatic carbocycles. The Morgan fingerprint density at radius 2 is 0.814 bits per heavy atom. The summed E-state index contributed by atoms with van der Waals surface area (Å²) in [5.74, 6) is 0. The van der Waals surface area contributed by atoms with Gasteiger partial charge in [-0.2, -0.15) is 5.26 Å². The van der Waals surface area contributed by atoms with Gasteiger partial charge < -0.3 is 22.7 Å². The summed E-state index contributed by atoms with van der Waals surface area (Å²) in [6.07, 6.45) is 0. The van der Waals surface area contributed by atoms with Crippen molar-refractivity contribution in [3.63, 3.8) is 0 Å². The van der Waals surface area contributed by atoms with Gasteiger partial charge in [-0.05, 0) is 67.6 Å². The molecule has 0 bridgehead atoms. The quantitative estimate of drug-likeness (QED) is 0.165. The molecule has 0 saturated carbocycles. The maximum atomic E-state index is 12.5. The van der Waals surface area contributed by atoms with Crippen LogP contribution in [0.25, 0.3) is 137 Å². The third-order valence-electron chi connectivity index (χ3n) is 14.7. The Morgan fingerprint density at radius 1 is 0.400 bits per heavy atom. The van der Waals surface area contributed by atoms with Gasteiger partial charge in [-0.3, -0.25) is 0 Å². The van der Waals surface area contributed by atoms with Gasteiger partial charge in [-0.25, -0.2) is 4.85 Å². The van der Waals surface area contributed by atoms with E-state index in [-0.39, 0.29) is 0 Å². The molecule has 15 aromatic rings. The van der Waals surface area contributed by atoms with Crippen molar-refractivity contribution in [3.05, 3.63) is 223 Å². The van der Waals surface area contributed by atoms with Crippen LogP contribution in [0.1, 0.15) is 11.1 Å². The number of rotatable bonds is 4. The fourth-order valence-electron chi connectivity index (χ4n) is 11.9. The van der Waals surface area contributed by atoms with Crippen LogP contribution in [-0.4, -0.2) is 18.3 Å². The Kier molecular flexibility index (Phi) is 7.72. The van der Waals surface area contributed by atoms with Crippen molar-refractivity contribution in [2.45, 2.75) is 6.92 Å². The van der Waals surface area contributed by atoms with Crippen LogP contribution in [0.2, 0.25) is 0 Å². The number of aryl methyl sites for hydroxylation is 1. The molecule has 0 atom stereocenters. The summed E-state index contributed by atoms with van der Waals surface area (Å²) >= 11 is 0. The first-order valence-electron chi connectivity index (χ1n) is 23.5. The van der Waals surface area contributed by atoms with Gasteiger partial charge in [-0.1, -0.05) is 145 Å². The molecule has 0 spiro atoms. The third-order valence-corrected chi connectivity index (χ3v) is 14.7. The van der Waals surface area contributed by atoms with E-state index in [1.807, 2.05) is 18.2 Å². The largest absolute Gasteiger partial charge is 0.454 e. The van der Waals surface area contributed by atoms with E-state index in [2.05, 4.69) is 213 Å². The minimum atomic E-state index is 0.330. The summed E-state index contributed by atoms with van der Waals surface area (Å²) in [6.45, 7) is 11.8. The fraction of sp³-hybridized carbons (Fsp3) is 0.0159. The molecular weight excluding hydrogens is 857 g/mol. The molecular formula is C63H36N6O. The zero-order valence-corrected chi connectivity index (χ0v) is 37.6. The Labute approximate surface area is 399 Å². The van der Waals surface area contributed by atoms with Crippen LogP contribution in [-0.2, 0) is 0 Å². The Morgan fingerprint density at radius 3 is 1.30 bits per heavy atom. The number of nitriles is 1. The molecule has 0 unspecified atom stereocenters. The first-order chi connectivity index (χ1) is 34.6. The topological polar surface area (TPSA) is 61.0 Å². The first kappa shape index (κ1) is 38.3. The molecule has 15 rings (SSSR count). The summed E-state index contributed by atoms with van der Waals surface area (Å²) in [5.41, 5.74) is 13.1. The second kappa shape index (κ2) is 14.1. The van der Waals surface area contributed by atoms with E-state index in [0.717, 1.165) is 109 Å². The van der Waals surface area contributed by atoms with Crippen LogP contribution in [0.15, 0.2) is 205 Å². The van der Waals surface area contributed by atoms with Gasteiger partial charge in [0.2, 0.25) is 5.69 Å². The fourth-order valence-corrected chi connectivity index (χ4v) is 11.9. The number of para-hydroxylation sites is 7. The van der Waals surface area contributed by atoms with E-state index in [9.17, 15) is 11.8 Å². The van der Waals surface area contributed by atoms with E-state index in [1.165, 1.54) is 0 Å². The van der Waals surface area contributed by atoms with Crippen molar-refractivity contribution >= 4 is 115 Å². The molecule has 70 heavy (non-hydrogen) atoms. The average molecular weight is 893 g/mol. The molecule has 0 aliphatic heterocycles. The number of hydrogen-bond acceptors (Lipinski definition) is 2. The van der Waals surface area contributed by atoms with Gasteiger partial charge in [0, 0.05) is 53.9 Å². The van der Waals surface area contributed by atoms with Crippen molar-refractivity contribution < 1.29 is 4.42 Å². The molecule has 10 aromatic carbocycles. The molecule has 0 amide bonds. The lowest BCUT2D eigenvalue weighted by atomic mass is 10.0. The monoisotopic (exact) mass is 892 g/mol. The highest BCUT2D eigenvalue weighted by atomic mass is 16.3. The van der Waals surface area contributed by atoms with E-state index < -0.39 is 0 Å². The number of furan rings is 1. The predicted octanol–water partition coefficient (Wildman–Crippen LogP) is 16.7. The summed E-state index contributed by atoms with van der Waals surface area (Å²) in [7, 11) is 0. The smallest absolute Gasteiger partial charge is 0.237 e. The standard InChI is InChI=1S/C63H36N6O/c1-37-31-34-55-47(35-37)45-32-33-46-44-23-9-16-30-56(44)70-63(46)60(45)69(55)58-48(36-64)59(66-49-24-10-3-17-38(49)39-18-4-11-25-50(39)66)62(68-53-28-14-7-21-42(53)43-22-8-15-29-54(43)68)61(57(58)65-2)67-51-26-12-5-19-40(51)41-20-6-13-27-52(41)67/h3-35H,1H3. The summed E-state index contributed by atoms with van der Waals surface area (Å²) in [6, 6.07) is 72.6. The second-order valence-electron chi connectivity index (χ2n) is 18.2. The lowest BCUT2D eigenvalue weighted by molar-refractivity contribution is 0.671. The highest BCUT2D eigenvalue weighted by Gasteiger charge is 2.35. The Balaban J connectivity index is 1.29. The van der Waals surface area contributed by atoms with Crippen molar-refractivity contribution in [2.24, 2.45) is 0 Å². The van der Waals surface area contributed by atoms with Gasteiger partial charge in [0.1, 0.15) is 11.7 Å². The molecule has 7 heteroatoms. The molecule has 0 aliphatic rings. The summed E-state index contributed by atoms with van der Waals surface area (Å²) in [5, 5.41) is 22.8. The second-order valence-corrected chi connectivity index (χ2v) is 18.2. The van der Waals surface area contributed by atoms with Crippen LogP contribution in [0, 0.1) is 24.8 Å². The maximum Gasteiger partial charge on any atom is 0.237 e. The van der Waals surface area contributed by atoms with Crippen molar-refractivity contribution in [1.29, 1.82) is 5.26 Å². The SMILES string of the molecule is [C-]#[N+]c1c(-n2c3ccccc3c3ccccc32)c(-n2c3ccccc3c3ccccc32)c(-n2c3ccccc3c3ccccc32)c(C#N)c1-n1c2ccc(C)cc2c2ccc3c4ccccc4oc3c21. The Hall–Kier alpha value is -9.82. The number of fused-ring (bicyclic) bond motifs is 16. The highest BCUT2D eigenvalue weighted by molar-refractivity contribution is 6.23. The summed E-state index contributed by atoms with van der Waals surface area (Å²) < 4.78 is 16.0. The maximum absolute atomic E-state index is 12.5. The number of aromatic nitrogens is 4. The molecule has 0 fully saturated rings. The van der Waals surface area contributed by atoms with E-state index in [0.29, 0.717) is 39.6 Å². The molecule has 324 valence electrons. The van der Waals surface area contributed by atoms with Crippen LogP contribution < -0.4 is 0 Å². The van der Waals surface area contributed by atoms with Crippen molar-refractivity contribution in [1.82, 2.24) is 18.3 Å². The van der Waals surface area contributed by atoms with E-state index in [1.54, 1.807) is 0 Å². The average Bonchev–Trinajstić information content (AvgIpc) is 4.21. The van der Waals surface area contributed by atoms with Gasteiger partial charge in [0.05, 0.1) is 79.0 Å². The van der Waals surface area contributed by atoms with Gasteiger partial charge in [0.25, 0.3) is 0 Å². The summed E-state index contributed by atoms with van der Waals surface area (Å²) in [4.78, 5) is 4.74. The zero-order chi connectivity index (χ0) is 46.4. The lowest BCUT2D eigenvalue weighted by Gasteiger charge is -2.27. The lowest BCUT2D eigenvalue weighted by Crippen LogP contribution is -2.14. The van der Waals surface area contributed by atoms with Gasteiger partial charge in [0.15, 0.2) is 5.58 Å². The van der Waals surface area contributed by atoms with Crippen molar-refractivity contribution in [2.75, 3.05) is 0 Å². The molecule has 0 N–H and O–H groups in total.